The Morgan fingerprint density at radius 2 is 1.86 bits per heavy atom. The molecule has 12 heteroatoms. The van der Waals surface area contributed by atoms with Gasteiger partial charge in [-0.15, -0.1) is 0 Å². The minimum absolute atomic E-state index is 0.00264. The average Bonchev–Trinajstić information content (AvgIpc) is 3.32. The van der Waals surface area contributed by atoms with Crippen LogP contribution in [0.1, 0.15) is 11.1 Å². The first-order valence-electron chi connectivity index (χ1n) is 10.4. The number of benzene rings is 2. The van der Waals surface area contributed by atoms with Gasteiger partial charge < -0.3 is 8.92 Å². The summed E-state index contributed by atoms with van der Waals surface area (Å²) in [6, 6.07) is 15.8. The summed E-state index contributed by atoms with van der Waals surface area (Å²) in [5.74, 6) is -0.610. The first-order chi connectivity index (χ1) is 17.4. The number of hydrazone groups is 1. The lowest BCUT2D eigenvalue weighted by atomic mass is 10.1. The highest BCUT2D eigenvalue weighted by Gasteiger charge is 2.36. The third kappa shape index (κ3) is 4.51. The highest BCUT2D eigenvalue weighted by atomic mass is 32.2. The van der Waals surface area contributed by atoms with E-state index >= 15 is 0 Å². The fourth-order valence-corrected chi connectivity index (χ4v) is 5.20. The van der Waals surface area contributed by atoms with Gasteiger partial charge in [0.2, 0.25) is 5.17 Å². The molecule has 1 amide bonds. The van der Waals surface area contributed by atoms with Crippen molar-refractivity contribution in [1.29, 1.82) is 5.41 Å². The summed E-state index contributed by atoms with van der Waals surface area (Å²) in [6.45, 7) is 0. The monoisotopic (exact) mass is 519 g/mol. The second kappa shape index (κ2) is 9.40. The lowest BCUT2D eigenvalue weighted by Gasteiger charge is -2.20. The van der Waals surface area contributed by atoms with E-state index in [9.17, 15) is 13.2 Å². The maximum absolute atomic E-state index is 12.7. The van der Waals surface area contributed by atoms with Gasteiger partial charge in [0.05, 0.1) is 12.7 Å². The fourth-order valence-electron chi connectivity index (χ4n) is 3.36. The van der Waals surface area contributed by atoms with Crippen LogP contribution in [-0.2, 0) is 14.9 Å². The molecule has 2 aliphatic rings. The number of nitrogens with one attached hydrogen (secondary N) is 1. The zero-order valence-corrected chi connectivity index (χ0v) is 20.3. The molecule has 0 bridgehead atoms. The molecule has 0 unspecified atom stereocenters. The molecule has 0 saturated carbocycles. The Morgan fingerprint density at radius 1 is 1.06 bits per heavy atom. The van der Waals surface area contributed by atoms with E-state index in [1.165, 1.54) is 54.2 Å². The van der Waals surface area contributed by atoms with Gasteiger partial charge in [0.15, 0.2) is 17.3 Å². The van der Waals surface area contributed by atoms with E-state index in [2.05, 4.69) is 15.1 Å². The van der Waals surface area contributed by atoms with Crippen LogP contribution in [0.25, 0.3) is 6.08 Å². The number of hydrogen-bond donors (Lipinski definition) is 1. The number of aliphatic imine (C=N–C) groups is 1. The molecule has 0 radical (unpaired) electrons. The Labute approximate surface area is 210 Å². The van der Waals surface area contributed by atoms with Gasteiger partial charge in [0, 0.05) is 18.0 Å². The number of carbonyl (C=O) groups excluding carboxylic acids is 1. The number of pyridine rings is 1. The number of amides is 1. The molecule has 2 aliphatic heterocycles. The summed E-state index contributed by atoms with van der Waals surface area (Å²) in [4.78, 5) is 20.9. The molecule has 1 N–H and O–H groups in total. The number of rotatable bonds is 6. The number of methoxy groups -OCH3 is 1. The largest absolute Gasteiger partial charge is 0.493 e. The number of aromatic nitrogens is 1. The Bertz CT molecular complexity index is 1570. The van der Waals surface area contributed by atoms with E-state index in [-0.39, 0.29) is 33.0 Å². The number of hydrogen-bond acceptors (Lipinski definition) is 9. The number of carbonyl (C=O) groups is 1. The molecule has 1 aromatic heterocycles. The van der Waals surface area contributed by atoms with Crippen LogP contribution < -0.4 is 8.92 Å². The molecular weight excluding hydrogens is 502 g/mol. The van der Waals surface area contributed by atoms with Gasteiger partial charge in [-0.05, 0) is 59.8 Å². The van der Waals surface area contributed by atoms with Crippen molar-refractivity contribution in [2.75, 3.05) is 7.11 Å². The van der Waals surface area contributed by atoms with Crippen molar-refractivity contribution in [2.24, 2.45) is 10.1 Å². The smallest absolute Gasteiger partial charge is 0.339 e. The zero-order valence-electron chi connectivity index (χ0n) is 18.7. The first-order valence-corrected chi connectivity index (χ1v) is 12.7. The van der Waals surface area contributed by atoms with Crippen LogP contribution in [0.3, 0.4) is 0 Å². The predicted octanol–water partition coefficient (Wildman–Crippen LogP) is 3.53. The topological polar surface area (TPSA) is 134 Å². The Morgan fingerprint density at radius 3 is 2.58 bits per heavy atom. The van der Waals surface area contributed by atoms with E-state index in [4.69, 9.17) is 14.3 Å². The molecular formula is C24H17N5O5S2. The summed E-state index contributed by atoms with van der Waals surface area (Å²) in [5, 5.41) is 15.1. The van der Waals surface area contributed by atoms with Crippen LogP contribution in [0.4, 0.5) is 0 Å². The molecule has 2 aromatic carbocycles. The van der Waals surface area contributed by atoms with Gasteiger partial charge in [-0.2, -0.15) is 23.5 Å². The summed E-state index contributed by atoms with van der Waals surface area (Å²) in [5.41, 5.74) is 1.24. The van der Waals surface area contributed by atoms with Crippen molar-refractivity contribution < 1.29 is 22.1 Å². The first kappa shape index (κ1) is 23.5. The highest BCUT2D eigenvalue weighted by molar-refractivity contribution is 8.27. The van der Waals surface area contributed by atoms with Gasteiger partial charge in [-0.1, -0.05) is 24.3 Å². The molecule has 0 aliphatic carbocycles. The third-order valence-corrected chi connectivity index (χ3v) is 7.30. The van der Waals surface area contributed by atoms with Crippen molar-refractivity contribution in [3.8, 4) is 11.5 Å². The van der Waals surface area contributed by atoms with Crippen molar-refractivity contribution in [3.63, 3.8) is 0 Å². The number of ether oxygens (including phenoxy) is 1. The number of fused-ring (bicyclic) bond motifs is 1. The average molecular weight is 520 g/mol. The maximum Gasteiger partial charge on any atom is 0.339 e. The zero-order chi connectivity index (χ0) is 25.3. The minimum atomic E-state index is -4.07. The van der Waals surface area contributed by atoms with Crippen molar-refractivity contribution >= 4 is 49.9 Å². The van der Waals surface area contributed by atoms with E-state index < -0.39 is 16.0 Å². The lowest BCUT2D eigenvalue weighted by molar-refractivity contribution is -0.114. The van der Waals surface area contributed by atoms with Crippen LogP contribution in [0, 0.1) is 5.41 Å². The Hall–Kier alpha value is -4.29. The molecule has 0 atom stereocenters. The van der Waals surface area contributed by atoms with Gasteiger partial charge in [-0.25, -0.2) is 0 Å². The molecule has 0 fully saturated rings. The van der Waals surface area contributed by atoms with Crippen LogP contribution in [-0.4, -0.2) is 47.5 Å². The summed E-state index contributed by atoms with van der Waals surface area (Å²) in [6.07, 6.45) is 4.74. The normalized spacial score (nSPS) is 16.5. The van der Waals surface area contributed by atoms with E-state index in [1.54, 1.807) is 42.7 Å². The number of thioether (sulfide) groups is 1. The van der Waals surface area contributed by atoms with Crippen LogP contribution in [0.15, 0.2) is 93.6 Å². The molecule has 0 saturated heterocycles. The molecule has 36 heavy (non-hydrogen) atoms. The van der Waals surface area contributed by atoms with Gasteiger partial charge in [-0.3, -0.25) is 15.2 Å². The fraction of sp³-hybridized carbons (Fsp3) is 0.0417. The van der Waals surface area contributed by atoms with Crippen LogP contribution in [0.2, 0.25) is 0 Å². The van der Waals surface area contributed by atoms with E-state index in [0.29, 0.717) is 10.6 Å². The Balaban J connectivity index is 1.43. The highest BCUT2D eigenvalue weighted by Crippen LogP contribution is 2.33. The Kier molecular flexibility index (Phi) is 6.12. The van der Waals surface area contributed by atoms with Gasteiger partial charge >= 0.3 is 10.1 Å². The van der Waals surface area contributed by atoms with Crippen LogP contribution in [0.5, 0.6) is 11.5 Å². The summed E-state index contributed by atoms with van der Waals surface area (Å²) in [7, 11) is -2.70. The third-order valence-electron chi connectivity index (χ3n) is 5.09. The predicted molar refractivity (Wildman–Crippen MR) is 136 cm³/mol. The SMILES string of the molecule is COc1cc(C=C2C(=N)N3N=C(c4cccnc4)SC3=NC2=O)ccc1OS(=O)(=O)c1ccccc1. The molecule has 180 valence electrons. The molecule has 3 aromatic rings. The quantitative estimate of drug-likeness (QED) is 0.386. The number of nitrogens with zero attached hydrogens (tertiary/aromatic N) is 4. The number of amidine groups is 2. The summed E-state index contributed by atoms with van der Waals surface area (Å²) < 4.78 is 35.8. The van der Waals surface area contributed by atoms with Crippen molar-refractivity contribution in [1.82, 2.24) is 9.99 Å². The minimum Gasteiger partial charge on any atom is -0.493 e. The molecule has 5 rings (SSSR count). The summed E-state index contributed by atoms with van der Waals surface area (Å²) >= 11 is 1.18. The van der Waals surface area contributed by atoms with Gasteiger partial charge in [0.25, 0.3) is 5.91 Å². The lowest BCUT2D eigenvalue weighted by Crippen LogP contribution is -2.35. The van der Waals surface area contributed by atoms with Crippen molar-refractivity contribution in [2.45, 2.75) is 4.90 Å². The molecule has 0 spiro atoms. The second-order valence-corrected chi connectivity index (χ2v) is 9.93. The maximum atomic E-state index is 12.7. The van der Waals surface area contributed by atoms with Gasteiger partial charge in [0.1, 0.15) is 9.94 Å². The van der Waals surface area contributed by atoms with Crippen molar-refractivity contribution in [3.05, 3.63) is 89.8 Å². The molecule has 3 heterocycles. The van der Waals surface area contributed by atoms with E-state index in [1.807, 2.05) is 6.07 Å². The van der Waals surface area contributed by atoms with Crippen LogP contribution >= 0.6 is 11.8 Å². The molecule has 10 nitrogen and oxygen atoms in total. The van der Waals surface area contributed by atoms with E-state index in [0.717, 1.165) is 5.56 Å². The standard InChI is InChI=1S/C24H17N5O5S2/c1-33-20-13-15(9-10-19(20)34-36(31,32)17-7-3-2-4-8-17)12-18-21(25)29-24(27-22(18)30)35-23(28-29)16-6-5-11-26-14-16/h2-14,25H,1H3. The second-order valence-electron chi connectivity index (χ2n) is 7.43.